The number of nitrogens with zero attached hydrogens (tertiary/aromatic N) is 2. The minimum absolute atomic E-state index is 0.335. The third-order valence-corrected chi connectivity index (χ3v) is 5.11. The van der Waals surface area contributed by atoms with Gasteiger partial charge in [0.15, 0.2) is 0 Å². The van der Waals surface area contributed by atoms with Crippen molar-refractivity contribution in [3.05, 3.63) is 69.8 Å². The van der Waals surface area contributed by atoms with Crippen LogP contribution in [0.1, 0.15) is 52.6 Å². The summed E-state index contributed by atoms with van der Waals surface area (Å²) in [4.78, 5) is 70.9. The first-order chi connectivity index (χ1) is 15.9. The summed E-state index contributed by atoms with van der Waals surface area (Å²) < 4.78 is 10.3. The van der Waals surface area contributed by atoms with Crippen LogP contribution in [0.15, 0.2) is 46.6 Å². The monoisotopic (exact) mass is 470 g/mol. The Balaban J connectivity index is 1.88. The Bertz CT molecular complexity index is 1280. The molecule has 0 amide bonds. The molecule has 2 unspecified atom stereocenters. The van der Waals surface area contributed by atoms with Crippen molar-refractivity contribution in [1.82, 2.24) is 0 Å². The lowest BCUT2D eigenvalue weighted by Gasteiger charge is -2.33. The molecule has 1 fully saturated rings. The van der Waals surface area contributed by atoms with Crippen molar-refractivity contribution in [2.45, 2.75) is 11.4 Å². The van der Waals surface area contributed by atoms with Crippen LogP contribution in [-0.4, -0.2) is 56.2 Å². The highest BCUT2D eigenvalue weighted by Gasteiger charge is 2.66. The predicted molar refractivity (Wildman–Crippen MR) is 101 cm³/mol. The number of carboxylic acids is 4. The van der Waals surface area contributed by atoms with Gasteiger partial charge in [0.05, 0.1) is 22.3 Å². The summed E-state index contributed by atoms with van der Waals surface area (Å²) >= 11 is 0. The van der Waals surface area contributed by atoms with E-state index >= 15 is 0 Å². The third-order valence-electron chi connectivity index (χ3n) is 5.11. The van der Waals surface area contributed by atoms with E-state index in [1.807, 2.05) is 0 Å². The number of hydrogen-bond acceptors (Lipinski definition) is 10. The van der Waals surface area contributed by atoms with Crippen LogP contribution in [0.25, 0.3) is 0 Å². The molecule has 172 valence electrons. The van der Waals surface area contributed by atoms with E-state index in [2.05, 4.69) is 10.2 Å². The van der Waals surface area contributed by atoms with Gasteiger partial charge < -0.3 is 25.2 Å². The summed E-state index contributed by atoms with van der Waals surface area (Å²) in [6.45, 7) is 0. The summed E-state index contributed by atoms with van der Waals surface area (Å²) in [7, 11) is 0. The molecular weight excluding hydrogens is 460 g/mol. The highest BCUT2D eigenvalue weighted by molar-refractivity contribution is 6.04. The Morgan fingerprint density at radius 3 is 1.29 bits per heavy atom. The van der Waals surface area contributed by atoms with Gasteiger partial charge in [-0.2, -0.15) is 0 Å². The SMILES string of the molecule is O=C(O)c1ccc(C23N=NC(c4ccc(C(=O)O)c(C(=O)O)c4)(O2)C(=O)OC3=O)cc1C(=O)O. The third kappa shape index (κ3) is 3.01. The number of carbonyl (C=O) groups is 6. The Hall–Kier alpha value is -4.98. The van der Waals surface area contributed by atoms with Gasteiger partial charge >= 0.3 is 47.3 Å². The smallest absolute Gasteiger partial charge is 0.376 e. The summed E-state index contributed by atoms with van der Waals surface area (Å²) in [6, 6.07) is 5.35. The maximum absolute atomic E-state index is 12.6. The van der Waals surface area contributed by atoms with Crippen LogP contribution >= 0.6 is 0 Å². The maximum atomic E-state index is 12.6. The lowest BCUT2D eigenvalue weighted by Crippen LogP contribution is -2.52. The molecule has 0 radical (unpaired) electrons. The Morgan fingerprint density at radius 1 is 0.618 bits per heavy atom. The Morgan fingerprint density at radius 2 is 0.971 bits per heavy atom. The molecule has 14 heteroatoms. The van der Waals surface area contributed by atoms with Crippen molar-refractivity contribution in [2.75, 3.05) is 0 Å². The second-order valence-corrected chi connectivity index (χ2v) is 7.01. The lowest BCUT2D eigenvalue weighted by atomic mass is 9.94. The fourth-order valence-corrected chi connectivity index (χ4v) is 3.49. The zero-order valence-corrected chi connectivity index (χ0v) is 16.4. The zero-order chi connectivity index (χ0) is 25.0. The standard InChI is InChI=1S/C20H10N2O12/c23-13(24)9-3-1-7(5-11(9)15(27)28)19-17(31)33-18(32)20(34-19,22-21-19)8-2-4-10(14(25)26)12(6-8)16(29)30/h1-6H,(H,23,24)(H,25,26)(H,27,28)(H,29,30). The molecule has 2 aliphatic heterocycles. The molecule has 2 aromatic carbocycles. The highest BCUT2D eigenvalue weighted by Crippen LogP contribution is 2.50. The second kappa shape index (κ2) is 7.28. The van der Waals surface area contributed by atoms with Crippen molar-refractivity contribution in [2.24, 2.45) is 10.2 Å². The molecule has 0 saturated carbocycles. The number of aromatic carboxylic acids is 4. The number of carbonyl (C=O) groups excluding carboxylic acids is 2. The predicted octanol–water partition coefficient (Wildman–Crippen LogP) is 1.05. The number of rotatable bonds is 6. The van der Waals surface area contributed by atoms with Crippen molar-refractivity contribution in [3.63, 3.8) is 0 Å². The van der Waals surface area contributed by atoms with Crippen LogP contribution in [0.3, 0.4) is 0 Å². The van der Waals surface area contributed by atoms with Gasteiger partial charge in [-0.3, -0.25) is 4.74 Å². The highest BCUT2D eigenvalue weighted by atomic mass is 16.7. The van der Waals surface area contributed by atoms with E-state index in [9.17, 15) is 49.2 Å². The molecule has 0 aliphatic carbocycles. The number of esters is 2. The molecule has 2 aromatic rings. The van der Waals surface area contributed by atoms with Gasteiger partial charge in [-0.25, -0.2) is 28.8 Å². The van der Waals surface area contributed by atoms with E-state index in [1.54, 1.807) is 0 Å². The molecule has 1 saturated heterocycles. The average molecular weight is 470 g/mol. The fraction of sp³-hybridized carbons (Fsp3) is 0.100. The number of ether oxygens (including phenoxy) is 2. The first kappa shape index (κ1) is 22.2. The van der Waals surface area contributed by atoms with E-state index in [0.717, 1.165) is 36.4 Å². The molecular formula is C20H10N2O12. The molecule has 0 aromatic heterocycles. The van der Waals surface area contributed by atoms with Crippen molar-refractivity contribution >= 4 is 35.8 Å². The van der Waals surface area contributed by atoms with Crippen LogP contribution in [0, 0.1) is 0 Å². The quantitative estimate of drug-likeness (QED) is 0.343. The number of benzene rings is 2. The molecule has 2 bridgehead atoms. The van der Waals surface area contributed by atoms with Gasteiger partial charge in [0, 0.05) is 11.1 Å². The Labute approximate surface area is 186 Å². The minimum atomic E-state index is -2.52. The fourth-order valence-electron chi connectivity index (χ4n) is 3.49. The van der Waals surface area contributed by atoms with Crippen molar-refractivity contribution in [3.8, 4) is 0 Å². The number of cyclic esters (lactones) is 2. The maximum Gasteiger partial charge on any atom is 0.376 e. The Kier molecular flexibility index (Phi) is 4.76. The molecule has 34 heavy (non-hydrogen) atoms. The van der Waals surface area contributed by atoms with Gasteiger partial charge in [0.1, 0.15) is 0 Å². The first-order valence-electron chi connectivity index (χ1n) is 9.06. The molecule has 4 N–H and O–H groups in total. The average Bonchev–Trinajstić information content (AvgIpc) is 3.17. The first-order valence-corrected chi connectivity index (χ1v) is 9.06. The molecule has 14 nitrogen and oxygen atoms in total. The van der Waals surface area contributed by atoms with Crippen LogP contribution < -0.4 is 0 Å². The van der Waals surface area contributed by atoms with Gasteiger partial charge in [-0.05, 0) is 24.3 Å². The zero-order valence-electron chi connectivity index (χ0n) is 16.4. The lowest BCUT2D eigenvalue weighted by molar-refractivity contribution is -0.224. The van der Waals surface area contributed by atoms with Gasteiger partial charge in [0.25, 0.3) is 0 Å². The normalized spacial score (nSPS) is 22.8. The van der Waals surface area contributed by atoms with Gasteiger partial charge in [0.2, 0.25) is 0 Å². The van der Waals surface area contributed by atoms with E-state index < -0.39 is 69.5 Å². The molecule has 2 heterocycles. The molecule has 2 aliphatic rings. The summed E-state index contributed by atoms with van der Waals surface area (Å²) in [5.41, 5.74) is -8.38. The van der Waals surface area contributed by atoms with E-state index in [-0.39, 0.29) is 11.1 Å². The number of hydrogen-bond donors (Lipinski definition) is 4. The van der Waals surface area contributed by atoms with E-state index in [1.165, 1.54) is 0 Å². The number of fused-ring (bicyclic) bond motifs is 2. The second-order valence-electron chi connectivity index (χ2n) is 7.01. The molecule has 2 atom stereocenters. The topological polar surface area (TPSA) is 227 Å². The van der Waals surface area contributed by atoms with Crippen LogP contribution in [-0.2, 0) is 30.5 Å². The largest absolute Gasteiger partial charge is 0.478 e. The van der Waals surface area contributed by atoms with Crippen LogP contribution in [0.4, 0.5) is 0 Å². The van der Waals surface area contributed by atoms with Gasteiger partial charge in [-0.15, -0.1) is 10.2 Å². The summed E-state index contributed by atoms with van der Waals surface area (Å²) in [5, 5.41) is 44.5. The van der Waals surface area contributed by atoms with Crippen molar-refractivity contribution in [1.29, 1.82) is 0 Å². The molecule has 0 spiro atoms. The molecule has 4 rings (SSSR count). The summed E-state index contributed by atoms with van der Waals surface area (Å²) in [6.07, 6.45) is 0. The number of azo groups is 1. The van der Waals surface area contributed by atoms with Gasteiger partial charge in [-0.1, -0.05) is 12.1 Å². The van der Waals surface area contributed by atoms with E-state index in [4.69, 9.17) is 9.47 Å². The van der Waals surface area contributed by atoms with Crippen LogP contribution in [0.5, 0.6) is 0 Å². The number of carboxylic acid groups (broad SMARTS) is 4. The summed E-state index contributed by atoms with van der Waals surface area (Å²) in [5.74, 6) is -9.24. The minimum Gasteiger partial charge on any atom is -0.478 e. The van der Waals surface area contributed by atoms with E-state index in [0.29, 0.717) is 0 Å². The van der Waals surface area contributed by atoms with Crippen molar-refractivity contribution < 1.29 is 58.7 Å². The van der Waals surface area contributed by atoms with Crippen LogP contribution in [0.2, 0.25) is 0 Å².